The van der Waals surface area contributed by atoms with Crippen LogP contribution in [0.25, 0.3) is 0 Å². The third-order valence-electron chi connectivity index (χ3n) is 1.90. The molecule has 0 aliphatic rings. The first-order chi connectivity index (χ1) is 5.00. The van der Waals surface area contributed by atoms with E-state index in [0.29, 0.717) is 0 Å². The lowest BCUT2D eigenvalue weighted by Gasteiger charge is -2.06. The summed E-state index contributed by atoms with van der Waals surface area (Å²) >= 11 is 0. The summed E-state index contributed by atoms with van der Waals surface area (Å²) in [6.45, 7) is 11.8. The number of hydrogen-bond acceptors (Lipinski definition) is 1. The maximum atomic E-state index is 5.82. The standard InChI is InChI=1S/C10H17N/c1-6-8(4)10(11)9(5)7(2)3/h6H,2,11H2,1,3-5H3/b8-6-,10-9-. The zero-order valence-corrected chi connectivity index (χ0v) is 7.86. The molecule has 0 radical (unpaired) electrons. The normalized spacial score (nSPS) is 14.4. The minimum atomic E-state index is 0.847. The third kappa shape index (κ3) is 2.62. The first-order valence-electron chi connectivity index (χ1n) is 3.76. The smallest absolute Gasteiger partial charge is 0.0372 e. The average molecular weight is 151 g/mol. The van der Waals surface area contributed by atoms with Crippen LogP contribution in [0.2, 0.25) is 0 Å². The molecule has 0 fully saturated rings. The topological polar surface area (TPSA) is 26.0 Å². The van der Waals surface area contributed by atoms with Crippen molar-refractivity contribution in [2.75, 3.05) is 0 Å². The van der Waals surface area contributed by atoms with Crippen LogP contribution in [0.4, 0.5) is 0 Å². The first kappa shape index (κ1) is 10.0. The second-order valence-electron chi connectivity index (χ2n) is 2.79. The molecule has 0 saturated heterocycles. The van der Waals surface area contributed by atoms with Crippen molar-refractivity contribution >= 4 is 0 Å². The molecule has 0 aromatic rings. The molecule has 2 N–H and O–H groups in total. The molecule has 1 nitrogen and oxygen atoms in total. The first-order valence-corrected chi connectivity index (χ1v) is 3.76. The molecule has 0 aromatic heterocycles. The minimum Gasteiger partial charge on any atom is -0.398 e. The predicted molar refractivity (Wildman–Crippen MR) is 51.1 cm³/mol. The zero-order chi connectivity index (χ0) is 9.02. The summed E-state index contributed by atoms with van der Waals surface area (Å²) in [4.78, 5) is 0. The molecule has 62 valence electrons. The summed E-state index contributed by atoms with van der Waals surface area (Å²) in [5.74, 6) is 0. The van der Waals surface area contributed by atoms with Crippen molar-refractivity contribution < 1.29 is 0 Å². The Morgan fingerprint density at radius 1 is 1.27 bits per heavy atom. The van der Waals surface area contributed by atoms with Crippen molar-refractivity contribution in [1.82, 2.24) is 0 Å². The molecule has 0 aliphatic carbocycles. The van der Waals surface area contributed by atoms with Crippen molar-refractivity contribution in [1.29, 1.82) is 0 Å². The van der Waals surface area contributed by atoms with E-state index in [-0.39, 0.29) is 0 Å². The van der Waals surface area contributed by atoms with Gasteiger partial charge in [0.1, 0.15) is 0 Å². The van der Waals surface area contributed by atoms with Crippen molar-refractivity contribution in [3.05, 3.63) is 35.1 Å². The second-order valence-corrected chi connectivity index (χ2v) is 2.79. The van der Waals surface area contributed by atoms with E-state index in [1.807, 2.05) is 33.8 Å². The van der Waals surface area contributed by atoms with E-state index in [2.05, 4.69) is 6.58 Å². The van der Waals surface area contributed by atoms with Crippen LogP contribution in [0, 0.1) is 0 Å². The van der Waals surface area contributed by atoms with E-state index in [1.165, 1.54) is 0 Å². The van der Waals surface area contributed by atoms with Crippen LogP contribution in [0.3, 0.4) is 0 Å². The van der Waals surface area contributed by atoms with E-state index in [0.717, 1.165) is 22.4 Å². The van der Waals surface area contributed by atoms with Crippen molar-refractivity contribution in [3.8, 4) is 0 Å². The van der Waals surface area contributed by atoms with Gasteiger partial charge in [0.05, 0.1) is 0 Å². The summed E-state index contributed by atoms with van der Waals surface area (Å²) in [5, 5.41) is 0. The summed E-state index contributed by atoms with van der Waals surface area (Å²) in [5.41, 5.74) is 9.90. The lowest BCUT2D eigenvalue weighted by molar-refractivity contribution is 1.19. The van der Waals surface area contributed by atoms with Crippen molar-refractivity contribution in [3.63, 3.8) is 0 Å². The van der Waals surface area contributed by atoms with Gasteiger partial charge in [0, 0.05) is 5.70 Å². The van der Waals surface area contributed by atoms with Crippen molar-refractivity contribution in [2.24, 2.45) is 5.73 Å². The van der Waals surface area contributed by atoms with Crippen LogP contribution in [0.1, 0.15) is 27.7 Å². The molecular formula is C10H17N. The minimum absolute atomic E-state index is 0.847. The van der Waals surface area contributed by atoms with Crippen molar-refractivity contribution in [2.45, 2.75) is 27.7 Å². The fraction of sp³-hybridized carbons (Fsp3) is 0.400. The average Bonchev–Trinajstić information content (AvgIpc) is 2.00. The number of hydrogen-bond donors (Lipinski definition) is 1. The Hall–Kier alpha value is -0.980. The summed E-state index contributed by atoms with van der Waals surface area (Å²) in [6.07, 6.45) is 2.00. The molecule has 0 aliphatic heterocycles. The molecule has 0 unspecified atom stereocenters. The van der Waals surface area contributed by atoms with Gasteiger partial charge in [-0.3, -0.25) is 0 Å². The van der Waals surface area contributed by atoms with Gasteiger partial charge in [0.25, 0.3) is 0 Å². The Kier molecular flexibility index (Phi) is 3.66. The highest BCUT2D eigenvalue weighted by atomic mass is 14.6. The lowest BCUT2D eigenvalue weighted by Crippen LogP contribution is -2.02. The molecule has 0 spiro atoms. The van der Waals surface area contributed by atoms with Gasteiger partial charge in [-0.1, -0.05) is 18.2 Å². The van der Waals surface area contributed by atoms with E-state index < -0.39 is 0 Å². The van der Waals surface area contributed by atoms with Crippen LogP contribution < -0.4 is 5.73 Å². The third-order valence-corrected chi connectivity index (χ3v) is 1.90. The molecule has 0 saturated carbocycles. The highest BCUT2D eigenvalue weighted by Crippen LogP contribution is 2.13. The number of rotatable bonds is 2. The highest BCUT2D eigenvalue weighted by Gasteiger charge is 1.98. The maximum Gasteiger partial charge on any atom is 0.0372 e. The molecule has 0 atom stereocenters. The Bertz CT molecular complexity index is 219. The van der Waals surface area contributed by atoms with Crippen LogP contribution in [-0.4, -0.2) is 0 Å². The molecule has 0 heterocycles. The number of nitrogens with two attached hydrogens (primary N) is 1. The Labute approximate surface area is 69.3 Å². The van der Waals surface area contributed by atoms with Gasteiger partial charge in [-0.25, -0.2) is 0 Å². The molecule has 0 rings (SSSR count). The molecule has 0 aromatic carbocycles. The number of allylic oxidation sites excluding steroid dienone is 4. The largest absolute Gasteiger partial charge is 0.398 e. The van der Waals surface area contributed by atoms with Crippen LogP contribution in [0.5, 0.6) is 0 Å². The molecule has 11 heavy (non-hydrogen) atoms. The fourth-order valence-corrected chi connectivity index (χ4v) is 0.681. The second kappa shape index (κ2) is 4.02. The van der Waals surface area contributed by atoms with Gasteiger partial charge in [0.2, 0.25) is 0 Å². The monoisotopic (exact) mass is 151 g/mol. The van der Waals surface area contributed by atoms with E-state index in [1.54, 1.807) is 0 Å². The predicted octanol–water partition coefficient (Wildman–Crippen LogP) is 2.76. The van der Waals surface area contributed by atoms with Crippen LogP contribution in [-0.2, 0) is 0 Å². The SMILES string of the molecule is C=C(C)/C(C)=C(N)/C(C)=C\C. The molecular weight excluding hydrogens is 134 g/mol. The molecule has 0 bridgehead atoms. The lowest BCUT2D eigenvalue weighted by atomic mass is 10.0. The Morgan fingerprint density at radius 2 is 1.73 bits per heavy atom. The summed E-state index contributed by atoms with van der Waals surface area (Å²) in [6, 6.07) is 0. The van der Waals surface area contributed by atoms with Crippen LogP contribution in [0.15, 0.2) is 35.1 Å². The fourth-order valence-electron chi connectivity index (χ4n) is 0.681. The molecule has 0 amide bonds. The van der Waals surface area contributed by atoms with Gasteiger partial charge < -0.3 is 5.73 Å². The summed E-state index contributed by atoms with van der Waals surface area (Å²) < 4.78 is 0. The van der Waals surface area contributed by atoms with E-state index >= 15 is 0 Å². The van der Waals surface area contributed by atoms with E-state index in [4.69, 9.17) is 5.73 Å². The van der Waals surface area contributed by atoms with E-state index in [9.17, 15) is 0 Å². The van der Waals surface area contributed by atoms with Gasteiger partial charge in [-0.15, -0.1) is 0 Å². The zero-order valence-electron chi connectivity index (χ0n) is 7.86. The quantitative estimate of drug-likeness (QED) is 0.603. The maximum absolute atomic E-state index is 5.82. The Balaban J connectivity index is 4.81. The summed E-state index contributed by atoms with van der Waals surface area (Å²) in [7, 11) is 0. The molecule has 1 heteroatoms. The van der Waals surface area contributed by atoms with Gasteiger partial charge in [0.15, 0.2) is 0 Å². The van der Waals surface area contributed by atoms with Gasteiger partial charge in [-0.2, -0.15) is 0 Å². The van der Waals surface area contributed by atoms with Gasteiger partial charge in [-0.05, 0) is 38.8 Å². The highest BCUT2D eigenvalue weighted by molar-refractivity contribution is 5.38. The van der Waals surface area contributed by atoms with Crippen LogP contribution >= 0.6 is 0 Å². The van der Waals surface area contributed by atoms with Gasteiger partial charge >= 0.3 is 0 Å². The Morgan fingerprint density at radius 3 is 2.00 bits per heavy atom.